The Labute approximate surface area is 568 Å². The van der Waals surface area contributed by atoms with E-state index in [9.17, 15) is 43.2 Å². The number of phosphoric ester groups is 2. The normalized spacial score (nSPS) is 14.3. The van der Waals surface area contributed by atoms with Crippen LogP contribution in [0.4, 0.5) is 0 Å². The summed E-state index contributed by atoms with van der Waals surface area (Å²) in [5.41, 5.74) is 0. The average molecular weight is 1370 g/mol. The summed E-state index contributed by atoms with van der Waals surface area (Å²) < 4.78 is 68.4. The Balaban J connectivity index is 5.23. The second-order valence-corrected chi connectivity index (χ2v) is 30.3. The topological polar surface area (TPSA) is 237 Å². The van der Waals surface area contributed by atoms with Gasteiger partial charge in [0.2, 0.25) is 0 Å². The molecule has 0 saturated heterocycles. The number of hydrogen-bond donors (Lipinski definition) is 3. The third-order valence-corrected chi connectivity index (χ3v) is 19.5. The molecule has 0 rings (SSSR count). The van der Waals surface area contributed by atoms with Crippen LogP contribution in [0.5, 0.6) is 0 Å². The standard InChI is InChI=1S/C74H144O17P2/c1-7-10-12-14-16-18-19-20-21-22-23-24-25-26-34-40-46-52-58-73(78)90-70(63-85-72(77)57-51-45-39-33-28-27-32-37-43-49-55-67(6)9-3)65-89-93(82,83)87-61-68(75)60-86-92(80,81)88-64-69(62-84-71(76)56-50-44-38-30-17-15-13-11-8-2)91-74(79)59-53-47-41-35-29-31-36-42-48-54-66(4)5/h66-70,75H,7-65H2,1-6H3,(H,80,81)(H,82,83)/t67?,68-,69+,70+/m0/s1. The number of phosphoric acid groups is 2. The monoisotopic (exact) mass is 1370 g/mol. The molecule has 0 heterocycles. The van der Waals surface area contributed by atoms with Gasteiger partial charge in [0, 0.05) is 25.7 Å². The summed E-state index contributed by atoms with van der Waals surface area (Å²) in [7, 11) is -9.91. The first-order chi connectivity index (χ1) is 44.9. The number of esters is 4. The lowest BCUT2D eigenvalue weighted by Crippen LogP contribution is -2.30. The molecule has 93 heavy (non-hydrogen) atoms. The molecule has 0 amide bonds. The van der Waals surface area contributed by atoms with Gasteiger partial charge in [0.05, 0.1) is 26.4 Å². The first-order valence-corrected chi connectivity index (χ1v) is 41.5. The van der Waals surface area contributed by atoms with E-state index >= 15 is 0 Å². The number of unbranched alkanes of at least 4 members (excludes halogenated alkanes) is 42. The SMILES string of the molecule is CCCCCCCCCCCCCCCCCCCCC(=O)O[C@H](COC(=O)CCCCCCCCCCCCC(C)CC)COP(=O)(O)OC[C@@H](O)COP(=O)(O)OC[C@@H](COC(=O)CCCCCCCCCCC)OC(=O)CCCCCCCCCCCC(C)C. The Morgan fingerprint density at radius 3 is 0.817 bits per heavy atom. The van der Waals surface area contributed by atoms with Crippen LogP contribution in [0, 0.1) is 11.8 Å². The number of carbonyl (C=O) groups is 4. The molecule has 0 spiro atoms. The predicted octanol–water partition coefficient (Wildman–Crippen LogP) is 21.6. The smallest absolute Gasteiger partial charge is 0.462 e. The summed E-state index contributed by atoms with van der Waals surface area (Å²) in [6.07, 6.45) is 52.7. The fraction of sp³-hybridized carbons (Fsp3) is 0.946. The largest absolute Gasteiger partial charge is 0.472 e. The lowest BCUT2D eigenvalue weighted by Gasteiger charge is -2.21. The molecule has 17 nitrogen and oxygen atoms in total. The van der Waals surface area contributed by atoms with Crippen molar-refractivity contribution in [3.05, 3.63) is 0 Å². The first kappa shape index (κ1) is 91.1. The molecule has 3 unspecified atom stereocenters. The highest BCUT2D eigenvalue weighted by Crippen LogP contribution is 2.45. The van der Waals surface area contributed by atoms with E-state index in [0.29, 0.717) is 25.7 Å². The number of ether oxygens (including phenoxy) is 4. The van der Waals surface area contributed by atoms with Crippen LogP contribution in [0.2, 0.25) is 0 Å². The molecule has 0 saturated carbocycles. The zero-order valence-electron chi connectivity index (χ0n) is 60.6. The Kier molecular flexibility index (Phi) is 64.6. The van der Waals surface area contributed by atoms with E-state index in [1.165, 1.54) is 199 Å². The summed E-state index contributed by atoms with van der Waals surface area (Å²) in [5, 5.41) is 10.6. The number of rotatable bonds is 73. The maximum absolute atomic E-state index is 13.1. The van der Waals surface area contributed by atoms with E-state index in [4.69, 9.17) is 37.0 Å². The van der Waals surface area contributed by atoms with Crippen molar-refractivity contribution in [3.8, 4) is 0 Å². The average Bonchev–Trinajstić information content (AvgIpc) is 2.42. The Bertz CT molecular complexity index is 1810. The van der Waals surface area contributed by atoms with Crippen LogP contribution in [-0.4, -0.2) is 96.7 Å². The maximum Gasteiger partial charge on any atom is 0.472 e. The Morgan fingerprint density at radius 2 is 0.548 bits per heavy atom. The van der Waals surface area contributed by atoms with Crippen molar-refractivity contribution in [2.45, 2.75) is 400 Å². The molecule has 552 valence electrons. The fourth-order valence-corrected chi connectivity index (χ4v) is 12.8. The molecule has 0 aliphatic heterocycles. The van der Waals surface area contributed by atoms with Crippen LogP contribution in [0.1, 0.15) is 382 Å². The molecule has 3 N–H and O–H groups in total. The van der Waals surface area contributed by atoms with Crippen molar-refractivity contribution in [2.24, 2.45) is 11.8 Å². The third-order valence-electron chi connectivity index (χ3n) is 17.6. The van der Waals surface area contributed by atoms with Gasteiger partial charge in [-0.2, -0.15) is 0 Å². The van der Waals surface area contributed by atoms with E-state index in [2.05, 4.69) is 41.5 Å². The molecule has 0 fully saturated rings. The number of aliphatic hydroxyl groups excluding tert-OH is 1. The Hall–Kier alpha value is -1.94. The minimum absolute atomic E-state index is 0.105. The quantitative estimate of drug-likeness (QED) is 0.0222. The summed E-state index contributed by atoms with van der Waals surface area (Å²) in [5.74, 6) is -0.573. The summed E-state index contributed by atoms with van der Waals surface area (Å²) in [6.45, 7) is 9.57. The van der Waals surface area contributed by atoms with Crippen molar-refractivity contribution < 1.29 is 80.2 Å². The van der Waals surface area contributed by atoms with Crippen LogP contribution in [0.3, 0.4) is 0 Å². The van der Waals surface area contributed by atoms with Crippen molar-refractivity contribution in [1.29, 1.82) is 0 Å². The van der Waals surface area contributed by atoms with E-state index in [1.54, 1.807) is 0 Å². The molecule has 6 atom stereocenters. The number of carbonyl (C=O) groups excluding carboxylic acids is 4. The third kappa shape index (κ3) is 67.0. The van der Waals surface area contributed by atoms with Gasteiger partial charge in [-0.15, -0.1) is 0 Å². The van der Waals surface area contributed by atoms with Crippen molar-refractivity contribution in [1.82, 2.24) is 0 Å². The minimum atomic E-state index is -4.96. The van der Waals surface area contributed by atoms with Gasteiger partial charge in [0.1, 0.15) is 19.3 Å². The first-order valence-electron chi connectivity index (χ1n) is 38.5. The lowest BCUT2D eigenvalue weighted by molar-refractivity contribution is -0.161. The van der Waals surface area contributed by atoms with E-state index in [0.717, 1.165) is 102 Å². The van der Waals surface area contributed by atoms with E-state index in [1.807, 2.05) is 0 Å². The van der Waals surface area contributed by atoms with Gasteiger partial charge in [-0.25, -0.2) is 9.13 Å². The number of aliphatic hydroxyl groups is 1. The van der Waals surface area contributed by atoms with Crippen molar-refractivity contribution in [3.63, 3.8) is 0 Å². The van der Waals surface area contributed by atoms with Gasteiger partial charge < -0.3 is 33.8 Å². The molecule has 0 radical (unpaired) electrons. The molecule has 0 aromatic carbocycles. The van der Waals surface area contributed by atoms with Crippen LogP contribution < -0.4 is 0 Å². The highest BCUT2D eigenvalue weighted by atomic mass is 31.2. The van der Waals surface area contributed by atoms with E-state index in [-0.39, 0.29) is 25.7 Å². The predicted molar refractivity (Wildman–Crippen MR) is 377 cm³/mol. The van der Waals surface area contributed by atoms with Gasteiger partial charge in [-0.05, 0) is 37.5 Å². The van der Waals surface area contributed by atoms with Crippen LogP contribution in [0.15, 0.2) is 0 Å². The zero-order chi connectivity index (χ0) is 68.6. The van der Waals surface area contributed by atoms with Crippen LogP contribution in [0.25, 0.3) is 0 Å². The van der Waals surface area contributed by atoms with Gasteiger partial charge in [0.15, 0.2) is 12.2 Å². The van der Waals surface area contributed by atoms with Crippen molar-refractivity contribution >= 4 is 39.5 Å². The van der Waals surface area contributed by atoms with Gasteiger partial charge in [-0.3, -0.25) is 37.3 Å². The number of hydrogen-bond acceptors (Lipinski definition) is 15. The maximum atomic E-state index is 13.1. The molecule has 0 aliphatic rings. The zero-order valence-corrected chi connectivity index (χ0v) is 62.3. The van der Waals surface area contributed by atoms with Gasteiger partial charge in [-0.1, -0.05) is 330 Å². The summed E-state index contributed by atoms with van der Waals surface area (Å²) in [4.78, 5) is 72.7. The molecule has 0 aliphatic carbocycles. The second kappa shape index (κ2) is 66.0. The fourth-order valence-electron chi connectivity index (χ4n) is 11.3. The minimum Gasteiger partial charge on any atom is -0.462 e. The van der Waals surface area contributed by atoms with Crippen molar-refractivity contribution in [2.75, 3.05) is 39.6 Å². The molecule has 0 bridgehead atoms. The highest BCUT2D eigenvalue weighted by molar-refractivity contribution is 7.47. The molecule has 19 heteroatoms. The van der Waals surface area contributed by atoms with Crippen LogP contribution in [-0.2, 0) is 65.4 Å². The Morgan fingerprint density at radius 1 is 0.312 bits per heavy atom. The van der Waals surface area contributed by atoms with E-state index < -0.39 is 97.5 Å². The second-order valence-electron chi connectivity index (χ2n) is 27.4. The van der Waals surface area contributed by atoms with Crippen LogP contribution >= 0.6 is 15.6 Å². The lowest BCUT2D eigenvalue weighted by atomic mass is 9.99. The summed E-state index contributed by atoms with van der Waals surface area (Å²) in [6, 6.07) is 0. The molecule has 0 aromatic heterocycles. The summed E-state index contributed by atoms with van der Waals surface area (Å²) >= 11 is 0. The highest BCUT2D eigenvalue weighted by Gasteiger charge is 2.30. The molecule has 0 aromatic rings. The van der Waals surface area contributed by atoms with Gasteiger partial charge >= 0.3 is 39.5 Å². The van der Waals surface area contributed by atoms with Gasteiger partial charge in [0.25, 0.3) is 0 Å². The molecular formula is C74H144O17P2. The molecular weight excluding hydrogens is 1220 g/mol.